The molecule has 0 aliphatic heterocycles. The van der Waals surface area contributed by atoms with E-state index in [9.17, 15) is 24.3 Å². The van der Waals surface area contributed by atoms with Gasteiger partial charge in [0.2, 0.25) is 17.7 Å². The van der Waals surface area contributed by atoms with Crippen molar-refractivity contribution >= 4 is 23.7 Å². The third-order valence-electron chi connectivity index (χ3n) is 6.82. The van der Waals surface area contributed by atoms with E-state index in [-0.39, 0.29) is 24.7 Å². The van der Waals surface area contributed by atoms with Crippen LogP contribution < -0.4 is 21.7 Å². The molecule has 7 N–H and O–H groups in total. The summed E-state index contributed by atoms with van der Waals surface area (Å²) in [6.07, 6.45) is 4.55. The van der Waals surface area contributed by atoms with Crippen molar-refractivity contribution in [1.82, 2.24) is 25.9 Å². The van der Waals surface area contributed by atoms with Gasteiger partial charge in [-0.15, -0.1) is 0 Å². The van der Waals surface area contributed by atoms with Crippen LogP contribution in [0, 0.1) is 11.8 Å². The minimum Gasteiger partial charge on any atom is -0.480 e. The molecule has 2 rings (SSSR count). The number of rotatable bonds is 15. The Balaban J connectivity index is 2.22. The van der Waals surface area contributed by atoms with Crippen molar-refractivity contribution in [3.8, 4) is 0 Å². The van der Waals surface area contributed by atoms with E-state index in [0.717, 1.165) is 5.56 Å². The van der Waals surface area contributed by atoms with Gasteiger partial charge in [0, 0.05) is 24.7 Å². The molecule has 0 spiro atoms. The molecule has 2 aromatic rings. The largest absolute Gasteiger partial charge is 0.480 e. The van der Waals surface area contributed by atoms with Crippen molar-refractivity contribution in [2.24, 2.45) is 17.6 Å². The molecule has 11 heteroatoms. The van der Waals surface area contributed by atoms with Crippen LogP contribution in [-0.2, 0) is 32.0 Å². The van der Waals surface area contributed by atoms with Gasteiger partial charge in [-0.1, -0.05) is 70.9 Å². The molecule has 1 heterocycles. The zero-order valence-electron chi connectivity index (χ0n) is 22.4. The normalized spacial score (nSPS) is 15.8. The maximum atomic E-state index is 13.5. The van der Waals surface area contributed by atoms with Gasteiger partial charge < -0.3 is 31.8 Å². The Kier molecular flexibility index (Phi) is 11.9. The first-order valence-electron chi connectivity index (χ1n) is 13.0. The number of carboxylic acid groups (broad SMARTS) is 1. The van der Waals surface area contributed by atoms with Crippen molar-refractivity contribution in [3.63, 3.8) is 0 Å². The second kappa shape index (κ2) is 14.9. The van der Waals surface area contributed by atoms with Gasteiger partial charge in [0.25, 0.3) is 0 Å². The number of aromatic nitrogens is 2. The van der Waals surface area contributed by atoms with Gasteiger partial charge in [0.15, 0.2) is 0 Å². The number of hydrogen-bond donors (Lipinski definition) is 6. The lowest BCUT2D eigenvalue weighted by Crippen LogP contribution is -2.59. The predicted molar refractivity (Wildman–Crippen MR) is 143 cm³/mol. The molecule has 1 aromatic heterocycles. The van der Waals surface area contributed by atoms with Gasteiger partial charge in [-0.2, -0.15) is 0 Å². The van der Waals surface area contributed by atoms with Crippen LogP contribution in [0.25, 0.3) is 0 Å². The standard InChI is InChI=1S/C27H40N6O5/c1-5-16(3)22(32-24(34)20(28)13-19-14-29-15-30-19)26(36)31-21(12-18-10-8-7-9-11-18)25(35)33-23(27(37)38)17(4)6-2/h7-11,14-17,20-23H,5-6,12-13,28H2,1-4H3,(H,29,30)(H,31,36)(H,32,34)(H,33,35)(H,37,38). The number of benzene rings is 1. The molecule has 38 heavy (non-hydrogen) atoms. The quantitative estimate of drug-likeness (QED) is 0.201. The number of nitrogens with two attached hydrogens (primary N) is 1. The average Bonchev–Trinajstić information content (AvgIpc) is 3.42. The fraction of sp³-hybridized carbons (Fsp3) is 0.519. The van der Waals surface area contributed by atoms with E-state index in [1.807, 2.05) is 51.1 Å². The molecule has 0 aliphatic rings. The van der Waals surface area contributed by atoms with Gasteiger partial charge in [0.1, 0.15) is 18.1 Å². The van der Waals surface area contributed by atoms with E-state index < -0.39 is 47.9 Å². The van der Waals surface area contributed by atoms with Gasteiger partial charge in [-0.05, 0) is 17.4 Å². The van der Waals surface area contributed by atoms with E-state index in [2.05, 4.69) is 25.9 Å². The summed E-state index contributed by atoms with van der Waals surface area (Å²) in [5, 5.41) is 17.7. The Morgan fingerprint density at radius 1 is 0.895 bits per heavy atom. The van der Waals surface area contributed by atoms with Crippen molar-refractivity contribution in [2.75, 3.05) is 0 Å². The maximum absolute atomic E-state index is 13.5. The van der Waals surface area contributed by atoms with Crippen LogP contribution >= 0.6 is 0 Å². The highest BCUT2D eigenvalue weighted by Gasteiger charge is 2.33. The Morgan fingerprint density at radius 2 is 1.50 bits per heavy atom. The fourth-order valence-electron chi connectivity index (χ4n) is 3.95. The zero-order chi connectivity index (χ0) is 28.2. The highest BCUT2D eigenvalue weighted by molar-refractivity contribution is 5.94. The molecule has 0 fully saturated rings. The number of imidazole rings is 1. The molecule has 0 radical (unpaired) electrons. The van der Waals surface area contributed by atoms with Crippen LogP contribution in [0.4, 0.5) is 0 Å². The van der Waals surface area contributed by atoms with Crippen LogP contribution in [0.15, 0.2) is 42.9 Å². The van der Waals surface area contributed by atoms with Gasteiger partial charge >= 0.3 is 5.97 Å². The highest BCUT2D eigenvalue weighted by Crippen LogP contribution is 2.12. The van der Waals surface area contributed by atoms with Gasteiger partial charge in [-0.25, -0.2) is 9.78 Å². The van der Waals surface area contributed by atoms with Gasteiger partial charge in [0.05, 0.1) is 12.4 Å². The van der Waals surface area contributed by atoms with Crippen LogP contribution in [0.3, 0.4) is 0 Å². The molecule has 0 bridgehead atoms. The number of aliphatic carboxylic acids is 1. The summed E-state index contributed by atoms with van der Waals surface area (Å²) in [5.74, 6) is -3.38. The topological polar surface area (TPSA) is 179 Å². The predicted octanol–water partition coefficient (Wildman–Crippen LogP) is 1.15. The van der Waals surface area contributed by atoms with E-state index in [4.69, 9.17) is 5.73 Å². The summed E-state index contributed by atoms with van der Waals surface area (Å²) in [4.78, 5) is 58.2. The molecule has 0 aliphatic carbocycles. The summed E-state index contributed by atoms with van der Waals surface area (Å²) in [5.41, 5.74) is 7.54. The average molecular weight is 529 g/mol. The molecule has 11 nitrogen and oxygen atoms in total. The van der Waals surface area contributed by atoms with Crippen molar-refractivity contribution in [3.05, 3.63) is 54.1 Å². The molecular weight excluding hydrogens is 488 g/mol. The second-order valence-electron chi connectivity index (χ2n) is 9.72. The van der Waals surface area contributed by atoms with Crippen molar-refractivity contribution in [1.29, 1.82) is 0 Å². The fourth-order valence-corrected chi connectivity index (χ4v) is 3.95. The first-order chi connectivity index (χ1) is 18.1. The lowest BCUT2D eigenvalue weighted by molar-refractivity contribution is -0.143. The Labute approximate surface area is 223 Å². The minimum absolute atomic E-state index is 0.145. The highest BCUT2D eigenvalue weighted by atomic mass is 16.4. The number of carbonyl (C=O) groups excluding carboxylic acids is 3. The van der Waals surface area contributed by atoms with E-state index in [1.54, 1.807) is 13.1 Å². The summed E-state index contributed by atoms with van der Waals surface area (Å²) >= 11 is 0. The van der Waals surface area contributed by atoms with Crippen molar-refractivity contribution < 1.29 is 24.3 Å². The molecule has 0 saturated heterocycles. The number of carbonyl (C=O) groups is 4. The van der Waals surface area contributed by atoms with Crippen LogP contribution in [-0.4, -0.2) is 62.9 Å². The zero-order valence-corrected chi connectivity index (χ0v) is 22.4. The Bertz CT molecular complexity index is 1050. The first-order valence-corrected chi connectivity index (χ1v) is 13.0. The van der Waals surface area contributed by atoms with Crippen LogP contribution in [0.1, 0.15) is 51.8 Å². The number of amides is 3. The third kappa shape index (κ3) is 8.98. The molecule has 208 valence electrons. The third-order valence-corrected chi connectivity index (χ3v) is 6.82. The minimum atomic E-state index is -1.14. The summed E-state index contributed by atoms with van der Waals surface area (Å²) < 4.78 is 0. The smallest absolute Gasteiger partial charge is 0.326 e. The number of H-pyrrole nitrogens is 1. The number of hydrogen-bond acceptors (Lipinski definition) is 6. The first kappa shape index (κ1) is 30.5. The molecule has 3 amide bonds. The van der Waals surface area contributed by atoms with Crippen LogP contribution in [0.5, 0.6) is 0 Å². The molecule has 1 aromatic carbocycles. The molecule has 0 saturated carbocycles. The Hall–Kier alpha value is -3.73. The van der Waals surface area contributed by atoms with Crippen LogP contribution in [0.2, 0.25) is 0 Å². The summed E-state index contributed by atoms with van der Waals surface area (Å²) in [6, 6.07) is 5.08. The molecule has 6 unspecified atom stereocenters. The SMILES string of the molecule is CCC(C)C(NC(=O)C(Cc1ccccc1)NC(=O)C(NC(=O)C(N)Cc1cnc[nH]1)C(C)CC)C(=O)O. The number of nitrogens with one attached hydrogen (secondary N) is 4. The van der Waals surface area contributed by atoms with Gasteiger partial charge in [-0.3, -0.25) is 14.4 Å². The number of aromatic amines is 1. The molecule has 6 atom stereocenters. The maximum Gasteiger partial charge on any atom is 0.326 e. The van der Waals surface area contributed by atoms with Crippen molar-refractivity contribution in [2.45, 2.75) is 77.5 Å². The van der Waals surface area contributed by atoms with E-state index in [1.165, 1.54) is 6.33 Å². The monoisotopic (exact) mass is 528 g/mol. The molecular formula is C27H40N6O5. The number of nitrogens with zero attached hydrogens (tertiary/aromatic N) is 1. The Morgan fingerprint density at radius 3 is 2.05 bits per heavy atom. The second-order valence-corrected chi connectivity index (χ2v) is 9.72. The summed E-state index contributed by atoms with van der Waals surface area (Å²) in [6.45, 7) is 7.29. The lowest BCUT2D eigenvalue weighted by atomic mass is 9.96. The lowest BCUT2D eigenvalue weighted by Gasteiger charge is -2.28. The summed E-state index contributed by atoms with van der Waals surface area (Å²) in [7, 11) is 0. The van der Waals surface area contributed by atoms with E-state index >= 15 is 0 Å². The number of carboxylic acids is 1. The van der Waals surface area contributed by atoms with E-state index in [0.29, 0.717) is 18.5 Å².